The summed E-state index contributed by atoms with van der Waals surface area (Å²) in [5.41, 5.74) is 2.62. The fourth-order valence-corrected chi connectivity index (χ4v) is 4.79. The van der Waals surface area contributed by atoms with E-state index in [4.69, 9.17) is 4.74 Å². The van der Waals surface area contributed by atoms with E-state index >= 15 is 0 Å². The zero-order valence-corrected chi connectivity index (χ0v) is 24.9. The number of amides is 3. The number of nitrogens with zero attached hydrogens (tertiary/aromatic N) is 1. The molecule has 0 saturated carbocycles. The standard InChI is InChI=1S/C33H30N4O6S/c1-3-43-27-15-12-23(13-16-27)19-30(36-32(39)24-8-5-4-6-9-24)33(40)34-25-10-7-11-28(20-25)44-21-31(38)35-29-17-14-26(37(41)42)18-22(29)2/h4-20H,3,21H2,1-2H3,(H,34,40)(H,35,38)(H,36,39)/b30-19+. The van der Waals surface area contributed by atoms with Crippen LogP contribution in [-0.4, -0.2) is 35.0 Å². The molecule has 3 amide bonds. The Balaban J connectivity index is 1.44. The van der Waals surface area contributed by atoms with E-state index in [0.29, 0.717) is 40.4 Å². The van der Waals surface area contributed by atoms with Crippen molar-refractivity contribution in [2.45, 2.75) is 18.7 Å². The molecule has 0 saturated heterocycles. The van der Waals surface area contributed by atoms with Crippen LogP contribution >= 0.6 is 11.8 Å². The van der Waals surface area contributed by atoms with Gasteiger partial charge < -0.3 is 20.7 Å². The lowest BCUT2D eigenvalue weighted by Gasteiger charge is -2.12. The van der Waals surface area contributed by atoms with Gasteiger partial charge in [0.15, 0.2) is 0 Å². The van der Waals surface area contributed by atoms with Crippen LogP contribution in [0.3, 0.4) is 0 Å². The summed E-state index contributed by atoms with van der Waals surface area (Å²) in [4.78, 5) is 50.1. The minimum atomic E-state index is -0.531. The molecule has 10 nitrogen and oxygen atoms in total. The Bertz CT molecular complexity index is 1690. The molecular weight excluding hydrogens is 580 g/mol. The highest BCUT2D eigenvalue weighted by atomic mass is 32.2. The molecule has 4 rings (SSSR count). The van der Waals surface area contributed by atoms with Gasteiger partial charge in [-0.25, -0.2) is 0 Å². The third-order valence-electron chi connectivity index (χ3n) is 6.19. The van der Waals surface area contributed by atoms with Crippen molar-refractivity contribution in [3.8, 4) is 5.75 Å². The number of anilines is 2. The molecular formula is C33H30N4O6S. The van der Waals surface area contributed by atoms with Crippen molar-refractivity contribution in [3.05, 3.63) is 130 Å². The molecule has 0 fully saturated rings. The molecule has 0 bridgehead atoms. The van der Waals surface area contributed by atoms with E-state index in [0.717, 1.165) is 4.90 Å². The Morgan fingerprint density at radius 3 is 2.34 bits per heavy atom. The average molecular weight is 611 g/mol. The maximum absolute atomic E-state index is 13.4. The first kappa shape index (κ1) is 31.5. The highest BCUT2D eigenvalue weighted by Crippen LogP contribution is 2.25. The number of non-ortho nitro benzene ring substituents is 1. The second-order valence-corrected chi connectivity index (χ2v) is 10.5. The third kappa shape index (κ3) is 9.04. The molecule has 11 heteroatoms. The number of carbonyl (C=O) groups excluding carboxylic acids is 3. The summed E-state index contributed by atoms with van der Waals surface area (Å²) in [7, 11) is 0. The molecule has 4 aromatic rings. The molecule has 0 spiro atoms. The van der Waals surface area contributed by atoms with Crippen LogP contribution in [0.1, 0.15) is 28.4 Å². The SMILES string of the molecule is CCOc1ccc(/C=C(/NC(=O)c2ccccc2)C(=O)Nc2cccc(SCC(=O)Nc3ccc([N+](=O)[O-])cc3C)c2)cc1. The molecule has 3 N–H and O–H groups in total. The van der Waals surface area contributed by atoms with Gasteiger partial charge in [0.25, 0.3) is 17.5 Å². The number of aryl methyl sites for hydroxylation is 1. The van der Waals surface area contributed by atoms with E-state index in [9.17, 15) is 24.5 Å². The van der Waals surface area contributed by atoms with Crippen LogP contribution in [0.25, 0.3) is 6.08 Å². The van der Waals surface area contributed by atoms with Crippen LogP contribution in [0, 0.1) is 17.0 Å². The Morgan fingerprint density at radius 2 is 1.66 bits per heavy atom. The van der Waals surface area contributed by atoms with Crippen molar-refractivity contribution in [3.63, 3.8) is 0 Å². The second kappa shape index (κ2) is 15.2. The molecule has 0 aromatic heterocycles. The first-order valence-electron chi connectivity index (χ1n) is 13.6. The number of nitro benzene ring substituents is 1. The molecule has 4 aromatic carbocycles. The highest BCUT2D eigenvalue weighted by Gasteiger charge is 2.16. The molecule has 44 heavy (non-hydrogen) atoms. The van der Waals surface area contributed by atoms with Crippen molar-refractivity contribution < 1.29 is 24.0 Å². The van der Waals surface area contributed by atoms with Crippen molar-refractivity contribution in [2.75, 3.05) is 23.0 Å². The van der Waals surface area contributed by atoms with Crippen LogP contribution in [0.15, 0.2) is 108 Å². The minimum absolute atomic E-state index is 0.0407. The number of thioether (sulfide) groups is 1. The molecule has 0 aliphatic carbocycles. The number of nitro groups is 1. The van der Waals surface area contributed by atoms with Crippen molar-refractivity contribution in [1.29, 1.82) is 0 Å². The zero-order chi connectivity index (χ0) is 31.5. The Kier molecular flexibility index (Phi) is 10.9. The molecule has 224 valence electrons. The van der Waals surface area contributed by atoms with E-state index in [1.165, 1.54) is 30.0 Å². The number of benzene rings is 4. The summed E-state index contributed by atoms with van der Waals surface area (Å²) in [6.07, 6.45) is 1.58. The van der Waals surface area contributed by atoms with Gasteiger partial charge in [-0.2, -0.15) is 0 Å². The largest absolute Gasteiger partial charge is 0.494 e. The summed E-state index contributed by atoms with van der Waals surface area (Å²) in [5.74, 6) is -0.488. The smallest absolute Gasteiger partial charge is 0.272 e. The van der Waals surface area contributed by atoms with Gasteiger partial charge in [-0.15, -0.1) is 11.8 Å². The van der Waals surface area contributed by atoms with Crippen LogP contribution < -0.4 is 20.7 Å². The van der Waals surface area contributed by atoms with Crippen LogP contribution in [0.2, 0.25) is 0 Å². The topological polar surface area (TPSA) is 140 Å². The molecule has 0 aliphatic heterocycles. The Labute approximate surface area is 258 Å². The van der Waals surface area contributed by atoms with Gasteiger partial charge in [-0.05, 0) is 79.6 Å². The van der Waals surface area contributed by atoms with Crippen molar-refractivity contribution in [2.24, 2.45) is 0 Å². The van der Waals surface area contributed by atoms with Crippen LogP contribution in [0.4, 0.5) is 17.1 Å². The Hall–Kier alpha value is -5.42. The zero-order valence-electron chi connectivity index (χ0n) is 24.0. The fourth-order valence-electron chi connectivity index (χ4n) is 4.03. The normalized spacial score (nSPS) is 10.9. The van der Waals surface area contributed by atoms with Gasteiger partial charge in [0.05, 0.1) is 17.3 Å². The maximum Gasteiger partial charge on any atom is 0.272 e. The maximum atomic E-state index is 13.4. The van der Waals surface area contributed by atoms with Gasteiger partial charge in [-0.1, -0.05) is 36.4 Å². The van der Waals surface area contributed by atoms with E-state index in [1.807, 2.05) is 6.92 Å². The summed E-state index contributed by atoms with van der Waals surface area (Å²) in [6.45, 7) is 4.10. The van der Waals surface area contributed by atoms with Crippen LogP contribution in [0.5, 0.6) is 5.75 Å². The lowest BCUT2D eigenvalue weighted by atomic mass is 10.1. The first-order chi connectivity index (χ1) is 21.2. The van der Waals surface area contributed by atoms with Gasteiger partial charge >= 0.3 is 0 Å². The predicted molar refractivity (Wildman–Crippen MR) is 172 cm³/mol. The number of ether oxygens (including phenoxy) is 1. The second-order valence-electron chi connectivity index (χ2n) is 9.46. The van der Waals surface area contributed by atoms with E-state index in [1.54, 1.807) is 91.9 Å². The minimum Gasteiger partial charge on any atom is -0.494 e. The number of rotatable bonds is 12. The number of nitrogens with one attached hydrogen (secondary N) is 3. The van der Waals surface area contributed by atoms with Gasteiger partial charge in [0.1, 0.15) is 11.4 Å². The summed E-state index contributed by atoms with van der Waals surface area (Å²) >= 11 is 1.26. The van der Waals surface area contributed by atoms with E-state index in [2.05, 4.69) is 16.0 Å². The van der Waals surface area contributed by atoms with E-state index < -0.39 is 16.7 Å². The van der Waals surface area contributed by atoms with E-state index in [-0.39, 0.29) is 23.0 Å². The fraction of sp³-hybridized carbons (Fsp3) is 0.121. The molecule has 0 atom stereocenters. The molecule has 0 heterocycles. The lowest BCUT2D eigenvalue weighted by molar-refractivity contribution is -0.384. The monoisotopic (exact) mass is 610 g/mol. The quantitative estimate of drug-likeness (QED) is 0.0726. The lowest BCUT2D eigenvalue weighted by Crippen LogP contribution is -2.30. The number of hydrogen-bond donors (Lipinski definition) is 3. The predicted octanol–water partition coefficient (Wildman–Crippen LogP) is 6.44. The van der Waals surface area contributed by atoms with Crippen LogP contribution in [-0.2, 0) is 9.59 Å². The van der Waals surface area contributed by atoms with Crippen molar-refractivity contribution in [1.82, 2.24) is 5.32 Å². The third-order valence-corrected chi connectivity index (χ3v) is 7.18. The molecule has 0 radical (unpaired) electrons. The summed E-state index contributed by atoms with van der Waals surface area (Å²) < 4.78 is 5.49. The van der Waals surface area contributed by atoms with Gasteiger partial charge in [0, 0.05) is 34.0 Å². The number of hydrogen-bond acceptors (Lipinski definition) is 7. The van der Waals surface area contributed by atoms with Crippen molar-refractivity contribution >= 4 is 52.6 Å². The highest BCUT2D eigenvalue weighted by molar-refractivity contribution is 8.00. The first-order valence-corrected chi connectivity index (χ1v) is 14.6. The average Bonchev–Trinajstić information content (AvgIpc) is 3.02. The Morgan fingerprint density at radius 1 is 0.909 bits per heavy atom. The summed E-state index contributed by atoms with van der Waals surface area (Å²) in [5, 5.41) is 19.3. The molecule has 0 unspecified atom stereocenters. The molecule has 0 aliphatic rings. The van der Waals surface area contributed by atoms with Gasteiger partial charge in [-0.3, -0.25) is 24.5 Å². The number of carbonyl (C=O) groups is 3. The van der Waals surface area contributed by atoms with Gasteiger partial charge in [0.2, 0.25) is 5.91 Å². The summed E-state index contributed by atoms with van der Waals surface area (Å²) in [6, 6.07) is 26.9.